The van der Waals surface area contributed by atoms with Gasteiger partial charge in [0.15, 0.2) is 0 Å². The van der Waals surface area contributed by atoms with Crippen molar-refractivity contribution in [2.45, 2.75) is 13.0 Å². The van der Waals surface area contributed by atoms with Crippen molar-refractivity contribution >= 4 is 5.82 Å². The number of aliphatic hydroxyl groups excluding tert-OH is 1. The van der Waals surface area contributed by atoms with Crippen molar-refractivity contribution in [3.05, 3.63) is 35.3 Å². The number of nitrogens with two attached hydrogens (primary N) is 1. The van der Waals surface area contributed by atoms with Crippen LogP contribution in [0.2, 0.25) is 0 Å². The van der Waals surface area contributed by atoms with E-state index in [4.69, 9.17) is 5.73 Å². The Hall–Kier alpha value is -1.95. The molecule has 0 aliphatic rings. The summed E-state index contributed by atoms with van der Waals surface area (Å²) in [7, 11) is 0. The molecular weight excluding hydrogens is 194 g/mol. The molecule has 0 radical (unpaired) electrons. The van der Waals surface area contributed by atoms with Crippen molar-refractivity contribution in [3.63, 3.8) is 0 Å². The fourth-order valence-electron chi connectivity index (χ4n) is 1.32. The molecule has 2 aromatic heterocycles. The van der Waals surface area contributed by atoms with E-state index in [0.29, 0.717) is 17.1 Å². The third kappa shape index (κ3) is 1.79. The van der Waals surface area contributed by atoms with Gasteiger partial charge in [0.05, 0.1) is 6.20 Å². The zero-order valence-corrected chi connectivity index (χ0v) is 8.18. The molecule has 0 aliphatic carbocycles. The lowest BCUT2D eigenvalue weighted by atomic mass is 10.1. The standard InChI is InChI=1S/C9H11N5O/c1-5-2-6(9(10)11-3-5)8(15)7-4-12-14-13-7/h2-4,8,15H,1H3,(H2,10,11)(H,12,13,14). The van der Waals surface area contributed by atoms with Gasteiger partial charge in [-0.1, -0.05) is 0 Å². The summed E-state index contributed by atoms with van der Waals surface area (Å²) in [4.78, 5) is 3.97. The molecule has 0 spiro atoms. The number of nitrogens with zero attached hydrogens (tertiary/aromatic N) is 3. The number of aliphatic hydroxyl groups is 1. The van der Waals surface area contributed by atoms with E-state index in [-0.39, 0.29) is 0 Å². The van der Waals surface area contributed by atoms with E-state index < -0.39 is 6.10 Å². The molecule has 4 N–H and O–H groups in total. The van der Waals surface area contributed by atoms with Gasteiger partial charge in [-0.3, -0.25) is 0 Å². The van der Waals surface area contributed by atoms with Crippen LogP contribution in [0.5, 0.6) is 0 Å². The molecule has 1 unspecified atom stereocenters. The Kier molecular flexibility index (Phi) is 2.34. The summed E-state index contributed by atoms with van der Waals surface area (Å²) in [5.41, 5.74) is 7.57. The van der Waals surface area contributed by atoms with E-state index in [1.807, 2.05) is 6.92 Å². The van der Waals surface area contributed by atoms with Crippen LogP contribution in [0.15, 0.2) is 18.5 Å². The van der Waals surface area contributed by atoms with Gasteiger partial charge < -0.3 is 10.8 Å². The monoisotopic (exact) mass is 205 g/mol. The second kappa shape index (κ2) is 3.66. The van der Waals surface area contributed by atoms with Crippen LogP contribution in [0.3, 0.4) is 0 Å². The zero-order chi connectivity index (χ0) is 10.8. The highest BCUT2D eigenvalue weighted by atomic mass is 16.3. The number of rotatable bonds is 2. The minimum atomic E-state index is -0.892. The minimum absolute atomic E-state index is 0.302. The molecule has 78 valence electrons. The number of nitrogen functional groups attached to an aromatic ring is 1. The van der Waals surface area contributed by atoms with Crippen molar-refractivity contribution in [1.29, 1.82) is 0 Å². The van der Waals surface area contributed by atoms with Gasteiger partial charge in [0.1, 0.15) is 17.6 Å². The van der Waals surface area contributed by atoms with Crippen molar-refractivity contribution in [1.82, 2.24) is 20.4 Å². The van der Waals surface area contributed by atoms with Crippen molar-refractivity contribution in [2.75, 3.05) is 5.73 Å². The number of anilines is 1. The van der Waals surface area contributed by atoms with Crippen LogP contribution in [0, 0.1) is 6.92 Å². The first-order valence-electron chi connectivity index (χ1n) is 4.44. The highest BCUT2D eigenvalue weighted by Gasteiger charge is 2.16. The van der Waals surface area contributed by atoms with Crippen molar-refractivity contribution in [2.24, 2.45) is 0 Å². The molecule has 0 saturated carbocycles. The highest BCUT2D eigenvalue weighted by Crippen LogP contribution is 2.23. The zero-order valence-electron chi connectivity index (χ0n) is 8.18. The van der Waals surface area contributed by atoms with E-state index in [1.165, 1.54) is 6.20 Å². The predicted octanol–water partition coefficient (Wildman–Crippen LogP) is 0.172. The van der Waals surface area contributed by atoms with Gasteiger partial charge in [-0.25, -0.2) is 4.98 Å². The lowest BCUT2D eigenvalue weighted by Gasteiger charge is -2.10. The van der Waals surface area contributed by atoms with Crippen molar-refractivity contribution < 1.29 is 5.11 Å². The molecule has 1 atom stereocenters. The Morgan fingerprint density at radius 3 is 2.93 bits per heavy atom. The first-order valence-corrected chi connectivity index (χ1v) is 4.44. The van der Waals surface area contributed by atoms with Gasteiger partial charge in [-0.05, 0) is 18.6 Å². The van der Waals surface area contributed by atoms with Gasteiger partial charge in [0.25, 0.3) is 0 Å². The second-order valence-corrected chi connectivity index (χ2v) is 3.28. The number of pyridine rings is 1. The molecule has 15 heavy (non-hydrogen) atoms. The molecule has 2 rings (SSSR count). The molecule has 2 aromatic rings. The molecule has 0 fully saturated rings. The lowest BCUT2D eigenvalue weighted by molar-refractivity contribution is 0.215. The fourth-order valence-corrected chi connectivity index (χ4v) is 1.32. The van der Waals surface area contributed by atoms with Gasteiger partial charge in [0, 0.05) is 11.8 Å². The smallest absolute Gasteiger partial charge is 0.129 e. The normalized spacial score (nSPS) is 12.7. The molecule has 6 nitrogen and oxygen atoms in total. The number of nitrogens with one attached hydrogen (secondary N) is 1. The third-order valence-electron chi connectivity index (χ3n) is 2.09. The summed E-state index contributed by atoms with van der Waals surface area (Å²) in [5.74, 6) is 0.302. The topological polar surface area (TPSA) is 101 Å². The van der Waals surface area contributed by atoms with Crippen LogP contribution in [0.25, 0.3) is 0 Å². The molecule has 2 heterocycles. The van der Waals surface area contributed by atoms with Gasteiger partial charge in [-0.15, -0.1) is 0 Å². The maximum atomic E-state index is 9.94. The Bertz CT molecular complexity index is 454. The number of H-pyrrole nitrogens is 1. The molecule has 6 heteroatoms. The van der Waals surface area contributed by atoms with E-state index >= 15 is 0 Å². The first kappa shape index (κ1) is 9.60. The largest absolute Gasteiger partial charge is 0.383 e. The Labute approximate surface area is 86.2 Å². The number of aromatic amines is 1. The SMILES string of the molecule is Cc1cnc(N)c(C(O)c2cn[nH]n2)c1. The summed E-state index contributed by atoms with van der Waals surface area (Å²) in [6.07, 6.45) is 2.21. The van der Waals surface area contributed by atoms with Crippen LogP contribution in [-0.4, -0.2) is 25.5 Å². The quantitative estimate of drug-likeness (QED) is 0.648. The average Bonchev–Trinajstić information content (AvgIpc) is 2.74. The van der Waals surface area contributed by atoms with Gasteiger partial charge >= 0.3 is 0 Å². The maximum Gasteiger partial charge on any atom is 0.129 e. The number of hydrogen-bond donors (Lipinski definition) is 3. The third-order valence-corrected chi connectivity index (χ3v) is 2.09. The Balaban J connectivity index is 2.41. The van der Waals surface area contributed by atoms with Crippen LogP contribution in [0.1, 0.15) is 22.9 Å². The highest BCUT2D eigenvalue weighted by molar-refractivity contribution is 5.44. The van der Waals surface area contributed by atoms with E-state index in [2.05, 4.69) is 20.4 Å². The minimum Gasteiger partial charge on any atom is -0.383 e. The average molecular weight is 205 g/mol. The molecule has 0 aromatic carbocycles. The molecule has 0 amide bonds. The van der Waals surface area contributed by atoms with Gasteiger partial charge in [0.2, 0.25) is 0 Å². The fraction of sp³-hybridized carbons (Fsp3) is 0.222. The summed E-state index contributed by atoms with van der Waals surface area (Å²) in [6.45, 7) is 1.88. The Morgan fingerprint density at radius 1 is 1.47 bits per heavy atom. The predicted molar refractivity (Wildman–Crippen MR) is 53.8 cm³/mol. The van der Waals surface area contributed by atoms with Crippen LogP contribution in [-0.2, 0) is 0 Å². The van der Waals surface area contributed by atoms with Crippen LogP contribution in [0.4, 0.5) is 5.82 Å². The maximum absolute atomic E-state index is 9.94. The number of aryl methyl sites for hydroxylation is 1. The van der Waals surface area contributed by atoms with Crippen molar-refractivity contribution in [3.8, 4) is 0 Å². The summed E-state index contributed by atoms with van der Waals surface area (Å²) in [5, 5.41) is 19.8. The van der Waals surface area contributed by atoms with Gasteiger partial charge in [-0.2, -0.15) is 15.4 Å². The van der Waals surface area contributed by atoms with Crippen LogP contribution < -0.4 is 5.73 Å². The number of aromatic nitrogens is 4. The van der Waals surface area contributed by atoms with E-state index in [1.54, 1.807) is 12.3 Å². The van der Waals surface area contributed by atoms with Crippen LogP contribution >= 0.6 is 0 Å². The summed E-state index contributed by atoms with van der Waals surface area (Å²) in [6, 6.07) is 1.78. The second-order valence-electron chi connectivity index (χ2n) is 3.28. The molecule has 0 bridgehead atoms. The summed E-state index contributed by atoms with van der Waals surface area (Å²) < 4.78 is 0. The molecular formula is C9H11N5O. The number of hydrogen-bond acceptors (Lipinski definition) is 5. The Morgan fingerprint density at radius 2 is 2.27 bits per heavy atom. The lowest BCUT2D eigenvalue weighted by Crippen LogP contribution is -2.06. The molecule has 0 saturated heterocycles. The first-order chi connectivity index (χ1) is 7.18. The van der Waals surface area contributed by atoms with E-state index in [9.17, 15) is 5.11 Å². The van der Waals surface area contributed by atoms with E-state index in [0.717, 1.165) is 5.56 Å². The summed E-state index contributed by atoms with van der Waals surface area (Å²) >= 11 is 0. The molecule has 0 aliphatic heterocycles.